The van der Waals surface area contributed by atoms with Gasteiger partial charge in [-0.1, -0.05) is 17.3 Å². The van der Waals surface area contributed by atoms with Crippen molar-refractivity contribution in [2.75, 3.05) is 0 Å². The third-order valence-electron chi connectivity index (χ3n) is 4.03. The van der Waals surface area contributed by atoms with Crippen LogP contribution in [-0.4, -0.2) is 25.8 Å². The summed E-state index contributed by atoms with van der Waals surface area (Å²) in [5.41, 5.74) is 1.65. The summed E-state index contributed by atoms with van der Waals surface area (Å²) >= 11 is 0. The van der Waals surface area contributed by atoms with Crippen LogP contribution in [0, 0.1) is 4.91 Å². The number of carbonyl (C=O) groups is 1. The van der Waals surface area contributed by atoms with E-state index in [2.05, 4.69) is 10.2 Å². The number of Topliss-reactive ketones (excluding diaryl/α,β-unsaturated/α-hetero) is 1. The fourth-order valence-electron chi connectivity index (χ4n) is 2.95. The molecule has 7 heteroatoms. The lowest BCUT2D eigenvalue weighted by Crippen LogP contribution is -2.25. The molecular weight excluding hydrogens is 308 g/mol. The van der Waals surface area contributed by atoms with E-state index in [1.165, 1.54) is 6.33 Å². The highest BCUT2D eigenvalue weighted by molar-refractivity contribution is 6.01. The number of benzene rings is 1. The molecule has 1 aromatic carbocycles. The molecule has 0 saturated heterocycles. The number of para-hydroxylation sites is 2. The number of carbonyl (C=O) groups excluding carboxylic acids is 1. The Morgan fingerprint density at radius 1 is 1.21 bits per heavy atom. The van der Waals surface area contributed by atoms with E-state index < -0.39 is 6.04 Å². The average molecular weight is 326 g/mol. The number of fused-ring (bicyclic) bond motifs is 3. The lowest BCUT2D eigenvalue weighted by molar-refractivity contribution is 0.0974. The van der Waals surface area contributed by atoms with Crippen LogP contribution in [0.4, 0.5) is 0 Å². The van der Waals surface area contributed by atoms with E-state index in [9.17, 15) is 14.5 Å². The van der Waals surface area contributed by atoms with Crippen molar-refractivity contribution in [3.63, 3.8) is 0 Å². The van der Waals surface area contributed by atoms with Crippen LogP contribution in [-0.2, 0) is 0 Å². The van der Waals surface area contributed by atoms with Gasteiger partial charge in [-0.15, -0.1) is 0 Å². The summed E-state index contributed by atoms with van der Waals surface area (Å²) in [5.74, 6) is -0.354. The van der Waals surface area contributed by atoms with Crippen LogP contribution in [0.15, 0.2) is 40.6 Å². The quantitative estimate of drug-likeness (QED) is 0.533. The summed E-state index contributed by atoms with van der Waals surface area (Å²) in [4.78, 5) is 40.1. The first-order chi connectivity index (χ1) is 11.5. The molecule has 0 spiro atoms. The van der Waals surface area contributed by atoms with Crippen molar-refractivity contribution in [2.24, 2.45) is 5.18 Å². The van der Waals surface area contributed by atoms with E-state index >= 15 is 0 Å². The van der Waals surface area contributed by atoms with Gasteiger partial charge < -0.3 is 4.57 Å². The number of nitrogens with zero attached hydrogens (tertiary/aromatic N) is 4. The highest BCUT2D eigenvalue weighted by atomic mass is 16.3. The van der Waals surface area contributed by atoms with E-state index in [1.54, 1.807) is 15.9 Å². The topological polar surface area (TPSA) is 85.8 Å². The molecule has 0 fully saturated rings. The van der Waals surface area contributed by atoms with Gasteiger partial charge in [0, 0.05) is 12.5 Å². The van der Waals surface area contributed by atoms with Crippen LogP contribution < -0.4 is 5.56 Å². The average Bonchev–Trinajstić information content (AvgIpc) is 3.00. The molecule has 0 aliphatic heterocycles. The van der Waals surface area contributed by atoms with Crippen LogP contribution in [0.1, 0.15) is 43.7 Å². The third-order valence-corrected chi connectivity index (χ3v) is 4.03. The first-order valence-electron chi connectivity index (χ1n) is 7.81. The largest absolute Gasteiger partial charge is 0.302 e. The van der Waals surface area contributed by atoms with Gasteiger partial charge in [-0.3, -0.25) is 14.0 Å². The lowest BCUT2D eigenvalue weighted by atomic mass is 10.1. The molecule has 1 atom stereocenters. The van der Waals surface area contributed by atoms with Gasteiger partial charge in [0.1, 0.15) is 17.5 Å². The molecule has 0 N–H and O–H groups in total. The Kier molecular flexibility index (Phi) is 4.01. The van der Waals surface area contributed by atoms with Gasteiger partial charge in [-0.2, -0.15) is 4.91 Å². The summed E-state index contributed by atoms with van der Waals surface area (Å²) in [7, 11) is 0. The van der Waals surface area contributed by atoms with E-state index in [0.717, 1.165) is 11.0 Å². The third kappa shape index (κ3) is 2.42. The Morgan fingerprint density at radius 3 is 2.50 bits per heavy atom. The summed E-state index contributed by atoms with van der Waals surface area (Å²) in [6.45, 7) is 5.39. The maximum absolute atomic E-state index is 13.0. The molecule has 2 aromatic heterocycles. The zero-order chi connectivity index (χ0) is 17.4. The Balaban J connectivity index is 2.35. The standard InChI is InChI=1S/C17H18N4O3/c1-10(2)21-13-7-5-4-6-12(13)20-9-18-15(16(20)17(21)23)14(22)8-11(3)19-24/h4-7,9-11H,8H2,1-3H3. The second kappa shape index (κ2) is 5.99. The SMILES string of the molecule is CC(CC(=O)c1ncn2c1c(=O)n(C(C)C)c1ccccc12)N=O. The molecule has 7 nitrogen and oxygen atoms in total. The highest BCUT2D eigenvalue weighted by Crippen LogP contribution is 2.20. The molecule has 124 valence electrons. The number of aromatic nitrogens is 3. The van der Waals surface area contributed by atoms with Crippen molar-refractivity contribution < 1.29 is 4.79 Å². The molecule has 0 radical (unpaired) electrons. The Hall–Kier alpha value is -2.83. The van der Waals surface area contributed by atoms with E-state index in [4.69, 9.17) is 0 Å². The molecule has 0 amide bonds. The molecule has 0 aliphatic rings. The zero-order valence-corrected chi connectivity index (χ0v) is 13.8. The summed E-state index contributed by atoms with van der Waals surface area (Å²) in [6, 6.07) is 6.77. The zero-order valence-electron chi connectivity index (χ0n) is 13.8. The maximum atomic E-state index is 13.0. The monoisotopic (exact) mass is 326 g/mol. The van der Waals surface area contributed by atoms with Crippen LogP contribution in [0.2, 0.25) is 0 Å². The van der Waals surface area contributed by atoms with Crippen molar-refractivity contribution in [3.8, 4) is 0 Å². The van der Waals surface area contributed by atoms with E-state index in [1.807, 2.05) is 38.1 Å². The lowest BCUT2D eigenvalue weighted by Gasteiger charge is -2.15. The van der Waals surface area contributed by atoms with Gasteiger partial charge in [-0.05, 0) is 32.9 Å². The van der Waals surface area contributed by atoms with Gasteiger partial charge in [-0.25, -0.2) is 4.98 Å². The van der Waals surface area contributed by atoms with Gasteiger partial charge in [0.2, 0.25) is 0 Å². The minimum absolute atomic E-state index is 0.0654. The number of hydrogen-bond donors (Lipinski definition) is 0. The van der Waals surface area contributed by atoms with Crippen LogP contribution >= 0.6 is 0 Å². The molecule has 0 aliphatic carbocycles. The van der Waals surface area contributed by atoms with Crippen molar-refractivity contribution in [3.05, 3.63) is 51.5 Å². The Morgan fingerprint density at radius 2 is 1.88 bits per heavy atom. The molecule has 3 aromatic rings. The molecule has 0 saturated carbocycles. The van der Waals surface area contributed by atoms with Crippen molar-refractivity contribution in [1.29, 1.82) is 0 Å². The molecule has 2 heterocycles. The van der Waals surface area contributed by atoms with Crippen molar-refractivity contribution >= 4 is 22.3 Å². The van der Waals surface area contributed by atoms with Gasteiger partial charge in [0.25, 0.3) is 5.56 Å². The predicted octanol–water partition coefficient (Wildman–Crippen LogP) is 2.96. The first kappa shape index (κ1) is 16.0. The molecule has 0 bridgehead atoms. The van der Waals surface area contributed by atoms with Crippen molar-refractivity contribution in [2.45, 2.75) is 39.3 Å². The fourth-order valence-corrected chi connectivity index (χ4v) is 2.95. The smallest absolute Gasteiger partial charge is 0.278 e. The molecule has 3 rings (SSSR count). The van der Waals surface area contributed by atoms with Crippen molar-refractivity contribution in [1.82, 2.24) is 14.0 Å². The number of imidazole rings is 1. The minimum atomic E-state index is -0.651. The highest BCUT2D eigenvalue weighted by Gasteiger charge is 2.22. The normalized spacial score (nSPS) is 12.8. The van der Waals surface area contributed by atoms with Crippen LogP contribution in [0.5, 0.6) is 0 Å². The van der Waals surface area contributed by atoms with Gasteiger partial charge >= 0.3 is 0 Å². The molecular formula is C17H18N4O3. The number of hydrogen-bond acceptors (Lipinski definition) is 5. The van der Waals surface area contributed by atoms with Gasteiger partial charge in [0.15, 0.2) is 5.78 Å². The van der Waals surface area contributed by atoms with Gasteiger partial charge in [0.05, 0.1) is 17.1 Å². The number of rotatable bonds is 5. The first-order valence-corrected chi connectivity index (χ1v) is 7.81. The summed E-state index contributed by atoms with van der Waals surface area (Å²) in [5, 5.41) is 2.85. The minimum Gasteiger partial charge on any atom is -0.302 e. The molecule has 1 unspecified atom stereocenters. The second-order valence-electron chi connectivity index (χ2n) is 6.15. The Bertz CT molecular complexity index is 1000. The summed E-state index contributed by atoms with van der Waals surface area (Å²) in [6.07, 6.45) is 1.42. The number of nitroso groups, excluding NO2 is 1. The second-order valence-corrected chi connectivity index (χ2v) is 6.15. The van der Waals surface area contributed by atoms with E-state index in [0.29, 0.717) is 0 Å². The molecule has 24 heavy (non-hydrogen) atoms. The number of ketones is 1. The van der Waals surface area contributed by atoms with Crippen LogP contribution in [0.3, 0.4) is 0 Å². The maximum Gasteiger partial charge on any atom is 0.278 e. The fraction of sp³-hybridized carbons (Fsp3) is 0.353. The van der Waals surface area contributed by atoms with Crippen LogP contribution in [0.25, 0.3) is 16.6 Å². The summed E-state index contributed by atoms with van der Waals surface area (Å²) < 4.78 is 3.30. The predicted molar refractivity (Wildman–Crippen MR) is 91.5 cm³/mol. The van der Waals surface area contributed by atoms with E-state index in [-0.39, 0.29) is 35.0 Å². The Labute approximate surface area is 137 Å².